The first kappa shape index (κ1) is 20.2. The van der Waals surface area contributed by atoms with Gasteiger partial charge in [-0.15, -0.1) is 0 Å². The first-order chi connectivity index (χ1) is 14.4. The zero-order valence-electron chi connectivity index (χ0n) is 16.9. The summed E-state index contributed by atoms with van der Waals surface area (Å²) in [4.78, 5) is 23.3. The minimum Gasteiger partial charge on any atom is -0.367 e. The predicted octanol–water partition coefficient (Wildman–Crippen LogP) is 4.45. The standard InChI is InChI=1S/C22H23ClFN5O/c1-27(2)21-14-20(18-8-3-15(23)13-19(18)26-21)28-9-11-29(12-10-28)22(30)25-17-6-4-16(24)5-7-17/h3-8,13-14H,9-12H2,1-2H3,(H,25,30). The number of carbonyl (C=O) groups is 1. The molecule has 0 spiro atoms. The lowest BCUT2D eigenvalue weighted by molar-refractivity contribution is 0.208. The molecule has 30 heavy (non-hydrogen) atoms. The summed E-state index contributed by atoms with van der Waals surface area (Å²) in [6.45, 7) is 2.57. The maximum Gasteiger partial charge on any atom is 0.321 e. The number of amides is 2. The molecule has 3 aromatic rings. The Morgan fingerprint density at radius 1 is 1.07 bits per heavy atom. The van der Waals surface area contributed by atoms with E-state index in [0.717, 1.165) is 22.4 Å². The number of nitrogens with zero attached hydrogens (tertiary/aromatic N) is 4. The van der Waals surface area contributed by atoms with Gasteiger partial charge in [-0.05, 0) is 42.5 Å². The van der Waals surface area contributed by atoms with Crippen LogP contribution in [0.5, 0.6) is 0 Å². The van der Waals surface area contributed by atoms with Gasteiger partial charge in [0.2, 0.25) is 0 Å². The molecule has 1 aliphatic heterocycles. The molecule has 0 atom stereocenters. The van der Waals surface area contributed by atoms with Crippen LogP contribution in [0.1, 0.15) is 0 Å². The maximum atomic E-state index is 13.1. The van der Waals surface area contributed by atoms with E-state index in [9.17, 15) is 9.18 Å². The molecule has 1 saturated heterocycles. The van der Waals surface area contributed by atoms with Gasteiger partial charge in [0.15, 0.2) is 0 Å². The van der Waals surface area contributed by atoms with Crippen molar-refractivity contribution >= 4 is 45.7 Å². The van der Waals surface area contributed by atoms with Gasteiger partial charge in [-0.3, -0.25) is 0 Å². The van der Waals surface area contributed by atoms with E-state index in [4.69, 9.17) is 16.6 Å². The van der Waals surface area contributed by atoms with Gasteiger partial charge >= 0.3 is 6.03 Å². The quantitative estimate of drug-likeness (QED) is 0.671. The number of benzene rings is 2. The molecular formula is C22H23ClFN5O. The van der Waals surface area contributed by atoms with Gasteiger partial charge in [-0.2, -0.15) is 0 Å². The Labute approximate surface area is 179 Å². The topological polar surface area (TPSA) is 51.7 Å². The molecule has 0 radical (unpaired) electrons. The molecule has 0 bridgehead atoms. The van der Waals surface area contributed by atoms with Crippen LogP contribution in [0, 0.1) is 5.82 Å². The second-order valence-corrected chi connectivity index (χ2v) is 7.90. The lowest BCUT2D eigenvalue weighted by Gasteiger charge is -2.36. The number of fused-ring (bicyclic) bond motifs is 1. The first-order valence-corrected chi connectivity index (χ1v) is 10.1. The molecule has 1 aromatic heterocycles. The van der Waals surface area contributed by atoms with Crippen LogP contribution < -0.4 is 15.1 Å². The highest BCUT2D eigenvalue weighted by atomic mass is 35.5. The number of nitrogens with one attached hydrogen (secondary N) is 1. The largest absolute Gasteiger partial charge is 0.367 e. The normalized spacial score (nSPS) is 14.1. The van der Waals surface area contributed by atoms with E-state index in [2.05, 4.69) is 16.3 Å². The van der Waals surface area contributed by atoms with Crippen LogP contribution in [-0.2, 0) is 0 Å². The number of piperazine rings is 1. The summed E-state index contributed by atoms with van der Waals surface area (Å²) >= 11 is 6.18. The number of halogens is 2. The minimum absolute atomic E-state index is 0.179. The van der Waals surface area contributed by atoms with E-state index in [-0.39, 0.29) is 11.8 Å². The molecule has 2 heterocycles. The number of hydrogen-bond acceptors (Lipinski definition) is 4. The summed E-state index contributed by atoms with van der Waals surface area (Å²) in [6, 6.07) is 13.4. The average molecular weight is 428 g/mol. The summed E-state index contributed by atoms with van der Waals surface area (Å²) in [5, 5.41) is 4.51. The van der Waals surface area contributed by atoms with Crippen LogP contribution in [0.15, 0.2) is 48.5 Å². The summed E-state index contributed by atoms with van der Waals surface area (Å²) in [5.41, 5.74) is 2.51. The molecule has 1 aliphatic rings. The molecule has 2 amide bonds. The zero-order chi connectivity index (χ0) is 21.3. The third kappa shape index (κ3) is 4.26. The number of hydrogen-bond donors (Lipinski definition) is 1. The lowest BCUT2D eigenvalue weighted by Crippen LogP contribution is -2.50. The van der Waals surface area contributed by atoms with Crippen LogP contribution >= 0.6 is 11.6 Å². The van der Waals surface area contributed by atoms with Crippen molar-refractivity contribution in [2.24, 2.45) is 0 Å². The van der Waals surface area contributed by atoms with Crippen molar-refractivity contribution in [1.29, 1.82) is 0 Å². The third-order valence-electron chi connectivity index (χ3n) is 5.20. The summed E-state index contributed by atoms with van der Waals surface area (Å²) in [7, 11) is 3.92. The molecule has 1 N–H and O–H groups in total. The van der Waals surface area contributed by atoms with Crippen molar-refractivity contribution < 1.29 is 9.18 Å². The Morgan fingerprint density at radius 3 is 2.43 bits per heavy atom. The number of pyridine rings is 1. The van der Waals surface area contributed by atoms with Crippen LogP contribution in [0.25, 0.3) is 10.9 Å². The highest BCUT2D eigenvalue weighted by Crippen LogP contribution is 2.32. The Bertz CT molecular complexity index is 1070. The molecule has 1 fully saturated rings. The minimum atomic E-state index is -0.329. The molecule has 4 rings (SSSR count). The third-order valence-corrected chi connectivity index (χ3v) is 5.43. The summed E-state index contributed by atoms with van der Waals surface area (Å²) in [6.07, 6.45) is 0. The van der Waals surface area contributed by atoms with Crippen LogP contribution in [0.4, 0.5) is 26.4 Å². The van der Waals surface area contributed by atoms with Gasteiger partial charge in [-0.1, -0.05) is 11.6 Å². The van der Waals surface area contributed by atoms with Crippen molar-refractivity contribution in [2.45, 2.75) is 0 Å². The number of carbonyl (C=O) groups excluding carboxylic acids is 1. The van der Waals surface area contributed by atoms with E-state index in [1.807, 2.05) is 37.2 Å². The van der Waals surface area contributed by atoms with Gasteiger partial charge in [-0.25, -0.2) is 14.2 Å². The van der Waals surface area contributed by atoms with Crippen molar-refractivity contribution in [3.8, 4) is 0 Å². The van der Waals surface area contributed by atoms with E-state index in [1.54, 1.807) is 17.0 Å². The monoisotopic (exact) mass is 427 g/mol. The van der Waals surface area contributed by atoms with Gasteiger partial charge in [0.05, 0.1) is 5.52 Å². The molecule has 8 heteroatoms. The molecule has 0 unspecified atom stereocenters. The summed E-state index contributed by atoms with van der Waals surface area (Å²) in [5.74, 6) is 0.529. The summed E-state index contributed by atoms with van der Waals surface area (Å²) < 4.78 is 13.1. The Morgan fingerprint density at radius 2 is 1.77 bits per heavy atom. The zero-order valence-corrected chi connectivity index (χ0v) is 17.7. The van der Waals surface area contributed by atoms with Gasteiger partial charge in [0, 0.05) is 68.1 Å². The van der Waals surface area contributed by atoms with Crippen molar-refractivity contribution in [3.63, 3.8) is 0 Å². The number of aromatic nitrogens is 1. The predicted molar refractivity (Wildman–Crippen MR) is 120 cm³/mol. The van der Waals surface area contributed by atoms with Gasteiger partial charge in [0.25, 0.3) is 0 Å². The second-order valence-electron chi connectivity index (χ2n) is 7.47. The van der Waals surface area contributed by atoms with Crippen molar-refractivity contribution in [1.82, 2.24) is 9.88 Å². The number of anilines is 3. The van der Waals surface area contributed by atoms with Crippen molar-refractivity contribution in [2.75, 3.05) is 55.4 Å². The molecule has 0 aliphatic carbocycles. The number of urea groups is 1. The van der Waals surface area contributed by atoms with Crippen LogP contribution in [-0.4, -0.2) is 56.2 Å². The van der Waals surface area contributed by atoms with E-state index in [1.165, 1.54) is 12.1 Å². The van der Waals surface area contributed by atoms with Crippen molar-refractivity contribution in [3.05, 3.63) is 59.4 Å². The highest BCUT2D eigenvalue weighted by Gasteiger charge is 2.23. The highest BCUT2D eigenvalue weighted by molar-refractivity contribution is 6.31. The van der Waals surface area contributed by atoms with Gasteiger partial charge in [0.1, 0.15) is 11.6 Å². The smallest absolute Gasteiger partial charge is 0.321 e. The fraction of sp³-hybridized carbons (Fsp3) is 0.273. The van der Waals surface area contributed by atoms with Gasteiger partial charge < -0.3 is 20.0 Å². The van der Waals surface area contributed by atoms with E-state index in [0.29, 0.717) is 36.9 Å². The SMILES string of the molecule is CN(C)c1cc(N2CCN(C(=O)Nc3ccc(F)cc3)CC2)c2ccc(Cl)cc2n1. The molecule has 156 valence electrons. The molecular weight excluding hydrogens is 405 g/mol. The fourth-order valence-corrected chi connectivity index (χ4v) is 3.71. The second kappa shape index (κ2) is 8.36. The molecule has 0 saturated carbocycles. The average Bonchev–Trinajstić information content (AvgIpc) is 2.74. The Balaban J connectivity index is 1.50. The Kier molecular flexibility index (Phi) is 5.63. The Hall–Kier alpha value is -3.06. The lowest BCUT2D eigenvalue weighted by atomic mass is 10.1. The molecule has 6 nitrogen and oxygen atoms in total. The van der Waals surface area contributed by atoms with E-state index >= 15 is 0 Å². The number of rotatable bonds is 3. The van der Waals surface area contributed by atoms with Crippen LogP contribution in [0.3, 0.4) is 0 Å². The maximum absolute atomic E-state index is 13.1. The van der Waals surface area contributed by atoms with Crippen LogP contribution in [0.2, 0.25) is 5.02 Å². The van der Waals surface area contributed by atoms with E-state index < -0.39 is 0 Å². The molecule has 2 aromatic carbocycles. The fourth-order valence-electron chi connectivity index (χ4n) is 3.55. The first-order valence-electron chi connectivity index (χ1n) is 9.75.